The van der Waals surface area contributed by atoms with Crippen LogP contribution >= 0.6 is 12.6 Å². The molecule has 0 unspecified atom stereocenters. The van der Waals surface area contributed by atoms with E-state index in [1.807, 2.05) is 13.8 Å². The molecule has 14 heavy (non-hydrogen) atoms. The molecule has 0 saturated heterocycles. The van der Waals surface area contributed by atoms with Gasteiger partial charge in [0.15, 0.2) is 4.93 Å². The number of hydrogen-bond donors (Lipinski definition) is 2. The second-order valence-electron chi connectivity index (χ2n) is 3.02. The van der Waals surface area contributed by atoms with Gasteiger partial charge in [-0.05, 0) is 12.8 Å². The van der Waals surface area contributed by atoms with E-state index in [0.29, 0.717) is 12.8 Å². The lowest BCUT2D eigenvalue weighted by Gasteiger charge is -2.25. The molecular weight excluding hydrogens is 204 g/mol. The van der Waals surface area contributed by atoms with Crippen LogP contribution in [0.5, 0.6) is 0 Å². The summed E-state index contributed by atoms with van der Waals surface area (Å²) < 4.78 is 5.05. The van der Waals surface area contributed by atoms with Crippen molar-refractivity contribution in [3.8, 4) is 0 Å². The minimum Gasteiger partial charge on any atom is -0.481 e. The Morgan fingerprint density at radius 3 is 2.14 bits per heavy atom. The van der Waals surface area contributed by atoms with Crippen LogP contribution in [0.2, 0.25) is 0 Å². The van der Waals surface area contributed by atoms with E-state index in [0.717, 1.165) is 0 Å². The van der Waals surface area contributed by atoms with Crippen LogP contribution in [0.1, 0.15) is 39.5 Å². The van der Waals surface area contributed by atoms with E-state index >= 15 is 0 Å². The van der Waals surface area contributed by atoms with Crippen LogP contribution in [0.15, 0.2) is 0 Å². The number of carbonyl (C=O) groups is 2. The molecule has 0 atom stereocenters. The Balaban J connectivity index is 3.97. The molecule has 5 heteroatoms. The van der Waals surface area contributed by atoms with Crippen molar-refractivity contribution in [2.75, 3.05) is 0 Å². The van der Waals surface area contributed by atoms with Gasteiger partial charge in [-0.3, -0.25) is 9.59 Å². The number of hydrogen-bond acceptors (Lipinski definition) is 4. The molecule has 0 heterocycles. The second-order valence-corrected chi connectivity index (χ2v) is 3.84. The average molecular weight is 220 g/mol. The highest BCUT2D eigenvalue weighted by atomic mass is 32.1. The molecule has 0 aliphatic heterocycles. The fourth-order valence-electron chi connectivity index (χ4n) is 0.866. The fraction of sp³-hybridized carbons (Fsp3) is 0.778. The van der Waals surface area contributed by atoms with Gasteiger partial charge in [0.2, 0.25) is 0 Å². The first-order chi connectivity index (χ1) is 6.43. The number of esters is 1. The van der Waals surface area contributed by atoms with Gasteiger partial charge in [-0.2, -0.15) is 0 Å². The molecule has 0 bridgehead atoms. The Morgan fingerprint density at radius 1 is 1.29 bits per heavy atom. The Labute approximate surface area is 89.0 Å². The third kappa shape index (κ3) is 5.11. The highest BCUT2D eigenvalue weighted by Gasteiger charge is 2.25. The van der Waals surface area contributed by atoms with E-state index in [4.69, 9.17) is 9.84 Å². The van der Waals surface area contributed by atoms with Gasteiger partial charge in [0.1, 0.15) is 0 Å². The zero-order chi connectivity index (χ0) is 11.2. The summed E-state index contributed by atoms with van der Waals surface area (Å²) >= 11 is 4.21. The van der Waals surface area contributed by atoms with Crippen molar-refractivity contribution in [3.05, 3.63) is 0 Å². The zero-order valence-electron chi connectivity index (χ0n) is 8.45. The van der Waals surface area contributed by atoms with Gasteiger partial charge in [-0.15, -0.1) is 12.6 Å². The number of ether oxygens (including phenoxy) is 1. The molecular formula is C9H16O4S. The lowest BCUT2D eigenvalue weighted by molar-refractivity contribution is -0.154. The van der Waals surface area contributed by atoms with Gasteiger partial charge in [0.05, 0.1) is 12.8 Å². The smallest absolute Gasteiger partial charge is 0.307 e. The summed E-state index contributed by atoms with van der Waals surface area (Å²) in [5, 5.41) is 8.35. The molecule has 0 aromatic heterocycles. The first kappa shape index (κ1) is 13.3. The maximum Gasteiger partial charge on any atom is 0.307 e. The van der Waals surface area contributed by atoms with Crippen LogP contribution in [-0.2, 0) is 14.3 Å². The van der Waals surface area contributed by atoms with E-state index in [1.165, 1.54) is 0 Å². The predicted molar refractivity (Wildman–Crippen MR) is 55.3 cm³/mol. The SMILES string of the molecule is CCC(S)(CC)OC(=O)CCC(=O)O. The maximum atomic E-state index is 11.1. The normalized spacial score (nSPS) is 11.1. The minimum absolute atomic E-state index is 0.0996. The van der Waals surface area contributed by atoms with Gasteiger partial charge in [-0.1, -0.05) is 13.8 Å². The first-order valence-corrected chi connectivity index (χ1v) is 5.04. The van der Waals surface area contributed by atoms with Crippen LogP contribution in [0.25, 0.3) is 0 Å². The van der Waals surface area contributed by atoms with Crippen molar-refractivity contribution in [1.82, 2.24) is 0 Å². The highest BCUT2D eigenvalue weighted by molar-refractivity contribution is 7.81. The molecule has 0 aliphatic rings. The second kappa shape index (κ2) is 5.90. The lowest BCUT2D eigenvalue weighted by Crippen LogP contribution is -2.27. The Hall–Kier alpha value is -0.710. The molecule has 0 spiro atoms. The van der Waals surface area contributed by atoms with Crippen molar-refractivity contribution in [3.63, 3.8) is 0 Å². The third-order valence-electron chi connectivity index (χ3n) is 1.95. The molecule has 4 nitrogen and oxygen atoms in total. The molecule has 0 aliphatic carbocycles. The molecule has 0 aromatic rings. The van der Waals surface area contributed by atoms with Crippen molar-refractivity contribution in [2.24, 2.45) is 0 Å². The number of carboxylic acid groups (broad SMARTS) is 1. The fourth-order valence-corrected chi connectivity index (χ4v) is 0.968. The Kier molecular flexibility index (Phi) is 5.60. The van der Waals surface area contributed by atoms with E-state index < -0.39 is 16.9 Å². The van der Waals surface area contributed by atoms with Gasteiger partial charge in [0.25, 0.3) is 0 Å². The molecule has 82 valence electrons. The van der Waals surface area contributed by atoms with Crippen molar-refractivity contribution in [1.29, 1.82) is 0 Å². The third-order valence-corrected chi connectivity index (χ3v) is 2.68. The maximum absolute atomic E-state index is 11.1. The van der Waals surface area contributed by atoms with Gasteiger partial charge >= 0.3 is 11.9 Å². The number of carbonyl (C=O) groups excluding carboxylic acids is 1. The van der Waals surface area contributed by atoms with Gasteiger partial charge in [0, 0.05) is 0 Å². The predicted octanol–water partition coefficient (Wildman–Crippen LogP) is 1.84. The van der Waals surface area contributed by atoms with Crippen molar-refractivity contribution < 1.29 is 19.4 Å². The van der Waals surface area contributed by atoms with Gasteiger partial charge in [-0.25, -0.2) is 0 Å². The quantitative estimate of drug-likeness (QED) is 0.407. The number of rotatable bonds is 6. The molecule has 0 rings (SSSR count). The van der Waals surface area contributed by atoms with Crippen molar-refractivity contribution >= 4 is 24.6 Å². The molecule has 0 saturated carbocycles. The minimum atomic E-state index is -1.00. The topological polar surface area (TPSA) is 63.6 Å². The van der Waals surface area contributed by atoms with E-state index in [9.17, 15) is 9.59 Å². The monoisotopic (exact) mass is 220 g/mol. The molecule has 0 aromatic carbocycles. The lowest BCUT2D eigenvalue weighted by atomic mass is 10.2. The van der Waals surface area contributed by atoms with Crippen LogP contribution in [0.4, 0.5) is 0 Å². The van der Waals surface area contributed by atoms with E-state index in [2.05, 4.69) is 12.6 Å². The average Bonchev–Trinajstić information content (AvgIpc) is 2.14. The van der Waals surface area contributed by atoms with Crippen molar-refractivity contribution in [2.45, 2.75) is 44.5 Å². The highest BCUT2D eigenvalue weighted by Crippen LogP contribution is 2.25. The van der Waals surface area contributed by atoms with Crippen LogP contribution in [-0.4, -0.2) is 22.0 Å². The largest absolute Gasteiger partial charge is 0.481 e. The Morgan fingerprint density at radius 2 is 1.79 bits per heavy atom. The Bertz CT molecular complexity index is 211. The zero-order valence-corrected chi connectivity index (χ0v) is 9.34. The summed E-state index contributed by atoms with van der Waals surface area (Å²) in [6, 6.07) is 0. The van der Waals surface area contributed by atoms with E-state index in [1.54, 1.807) is 0 Å². The standard InChI is InChI=1S/C9H16O4S/c1-3-9(14,4-2)13-8(12)6-5-7(10)11/h14H,3-6H2,1-2H3,(H,10,11). The number of aliphatic carboxylic acids is 1. The summed E-state index contributed by atoms with van der Waals surface area (Å²) in [7, 11) is 0. The van der Waals surface area contributed by atoms with E-state index in [-0.39, 0.29) is 12.8 Å². The summed E-state index contributed by atoms with van der Waals surface area (Å²) in [4.78, 5) is 20.6. The van der Waals surface area contributed by atoms with Crippen LogP contribution in [0.3, 0.4) is 0 Å². The molecule has 1 N–H and O–H groups in total. The summed E-state index contributed by atoms with van der Waals surface area (Å²) in [5.41, 5.74) is 0. The molecule has 0 radical (unpaired) electrons. The van der Waals surface area contributed by atoms with Crippen LogP contribution < -0.4 is 0 Å². The summed E-state index contributed by atoms with van der Waals surface area (Å²) in [6.07, 6.45) is 0.907. The summed E-state index contributed by atoms with van der Waals surface area (Å²) in [6.45, 7) is 3.72. The number of thiol groups is 1. The summed E-state index contributed by atoms with van der Waals surface area (Å²) in [5.74, 6) is -1.51. The molecule has 0 fully saturated rings. The molecule has 0 amide bonds. The first-order valence-electron chi connectivity index (χ1n) is 4.59. The number of carboxylic acids is 1. The van der Waals surface area contributed by atoms with Gasteiger partial charge < -0.3 is 9.84 Å². The van der Waals surface area contributed by atoms with Crippen LogP contribution in [0, 0.1) is 0 Å².